The number of aldehydes is 1. The van der Waals surface area contributed by atoms with Gasteiger partial charge in [-0.2, -0.15) is 0 Å². The van der Waals surface area contributed by atoms with Crippen molar-refractivity contribution in [2.45, 2.75) is 233 Å². The quantitative estimate of drug-likeness (QED) is 0.0687. The third-order valence-corrected chi connectivity index (χ3v) is 16.9. The summed E-state index contributed by atoms with van der Waals surface area (Å²) in [5, 5.41) is 28.6. The minimum Gasteiger partial charge on any atom is -0.508 e. The Bertz CT molecular complexity index is 3670. The topological polar surface area (TPSA) is 148 Å². The van der Waals surface area contributed by atoms with Gasteiger partial charge in [0.2, 0.25) is 0 Å². The van der Waals surface area contributed by atoms with Crippen LogP contribution in [0.25, 0.3) is 0 Å². The normalized spacial score (nSPS) is 13.6. The van der Waals surface area contributed by atoms with Gasteiger partial charge in [-0.1, -0.05) is 344 Å². The summed E-state index contributed by atoms with van der Waals surface area (Å²) >= 11 is 2.37. The van der Waals surface area contributed by atoms with Crippen molar-refractivity contribution in [1.82, 2.24) is 19.9 Å². The molecule has 3 aliphatic carbocycles. The monoisotopic (exact) mass is 1710 g/mol. The van der Waals surface area contributed by atoms with Gasteiger partial charge in [0.15, 0.2) is 0 Å². The molecule has 116 heavy (non-hydrogen) atoms. The highest BCUT2D eigenvalue weighted by Crippen LogP contribution is 2.42. The van der Waals surface area contributed by atoms with Gasteiger partial charge < -0.3 is 24.8 Å². The van der Waals surface area contributed by atoms with Crippen LogP contribution in [-0.4, -0.2) is 74.5 Å². The Labute approximate surface area is 718 Å². The van der Waals surface area contributed by atoms with Crippen LogP contribution in [0.15, 0.2) is 286 Å². The van der Waals surface area contributed by atoms with E-state index in [9.17, 15) is 23.8 Å². The van der Waals surface area contributed by atoms with Gasteiger partial charge >= 0.3 is 0 Å². The Morgan fingerprint density at radius 3 is 1.01 bits per heavy atom. The number of rotatable bonds is 10. The molecule has 4 heterocycles. The van der Waals surface area contributed by atoms with Crippen molar-refractivity contribution in [3.8, 4) is 17.2 Å². The molecule has 3 N–H and O–H groups in total. The number of methoxy groups -OCH3 is 2. The van der Waals surface area contributed by atoms with Crippen molar-refractivity contribution < 1.29 is 38.4 Å². The van der Waals surface area contributed by atoms with Gasteiger partial charge in [0.25, 0.3) is 0 Å². The summed E-state index contributed by atoms with van der Waals surface area (Å²) in [6.07, 6.45) is 23.4. The summed E-state index contributed by atoms with van der Waals surface area (Å²) in [5.74, 6) is 3.70. The fraction of sp³-hybridized carbons (Fsp3) is 0.388. The zero-order valence-corrected chi connectivity index (χ0v) is 76.7. The molecular weight excluding hydrogens is 1550 g/mol. The van der Waals surface area contributed by atoms with E-state index in [2.05, 4.69) is 140 Å². The van der Waals surface area contributed by atoms with E-state index in [-0.39, 0.29) is 25.6 Å². The summed E-state index contributed by atoms with van der Waals surface area (Å²) in [5.41, 5.74) is 14.4. The van der Waals surface area contributed by atoms with Crippen molar-refractivity contribution in [1.29, 1.82) is 0 Å². The van der Waals surface area contributed by atoms with Crippen molar-refractivity contribution in [3.63, 3.8) is 0 Å². The predicted molar refractivity (Wildman–Crippen MR) is 509 cm³/mol. The van der Waals surface area contributed by atoms with E-state index in [1.807, 2.05) is 279 Å². The molecule has 0 amide bonds. The first-order chi connectivity index (χ1) is 56.8. The first-order valence-corrected chi connectivity index (χ1v) is 43.3. The second-order valence-electron chi connectivity index (χ2n) is 22.0. The lowest BCUT2D eigenvalue weighted by molar-refractivity contribution is 0.112. The molecule has 13 heteroatoms. The molecule has 14 rings (SSSR count). The van der Waals surface area contributed by atoms with E-state index >= 15 is 0 Å². The summed E-state index contributed by atoms with van der Waals surface area (Å²) < 4.78 is 29.9. The number of aromatic hydroxyl groups is 1. The van der Waals surface area contributed by atoms with Crippen LogP contribution in [0.2, 0.25) is 0 Å². The van der Waals surface area contributed by atoms with Gasteiger partial charge in [-0.3, -0.25) is 33.5 Å². The van der Waals surface area contributed by atoms with Gasteiger partial charge in [-0.05, 0) is 173 Å². The number of hydrogen-bond donors (Lipinski definition) is 3. The third-order valence-electron chi connectivity index (χ3n) is 16.3. The first-order valence-electron chi connectivity index (χ1n) is 41.8. The number of nitrogens with zero attached hydrogens (tertiary/aromatic N) is 4. The third kappa shape index (κ3) is 46.5. The molecule has 0 saturated heterocycles. The van der Waals surface area contributed by atoms with Crippen LogP contribution in [-0.2, 0) is 6.42 Å². The molecule has 4 aromatic heterocycles. The lowest BCUT2D eigenvalue weighted by Gasteiger charge is -2.28. The Morgan fingerprint density at radius 1 is 0.388 bits per heavy atom. The maximum absolute atomic E-state index is 11.1. The number of phenols is 1. The number of aliphatic hydroxyl groups is 2. The number of aliphatic hydroxyl groups excluding tert-OH is 2. The lowest BCUT2D eigenvalue weighted by atomic mass is 9.79. The fourth-order valence-electron chi connectivity index (χ4n) is 11.7. The molecule has 0 spiro atoms. The number of hydrogen-bond acceptors (Lipinski definition) is 10. The van der Waals surface area contributed by atoms with Gasteiger partial charge in [0, 0.05) is 83.2 Å². The number of benzene rings is 7. The zero-order chi connectivity index (χ0) is 87.7. The molecule has 3 aliphatic rings. The molecule has 6 atom stereocenters. The van der Waals surface area contributed by atoms with Crippen LogP contribution in [0.3, 0.4) is 0 Å². The van der Waals surface area contributed by atoms with Gasteiger partial charge in [0.1, 0.15) is 23.5 Å². The van der Waals surface area contributed by atoms with Crippen molar-refractivity contribution >= 4 is 28.9 Å². The molecule has 0 bridgehead atoms. The maximum Gasteiger partial charge on any atom is 0.150 e. The average molecular weight is 1710 g/mol. The van der Waals surface area contributed by atoms with Crippen molar-refractivity contribution in [2.75, 3.05) is 33.0 Å². The van der Waals surface area contributed by atoms with Crippen LogP contribution in [0, 0.1) is 0 Å². The predicted octanol–water partition coefficient (Wildman–Crippen LogP) is 30.3. The van der Waals surface area contributed by atoms with Gasteiger partial charge in [-0.25, -0.2) is 0 Å². The molecule has 10 nitrogen and oxygen atoms in total. The summed E-state index contributed by atoms with van der Waals surface area (Å²) in [6, 6.07) is 77.9. The van der Waals surface area contributed by atoms with E-state index in [1.165, 1.54) is 63.8 Å². The van der Waals surface area contributed by atoms with E-state index in [1.54, 1.807) is 63.1 Å². The van der Waals surface area contributed by atoms with E-state index in [0.717, 1.165) is 76.6 Å². The fourth-order valence-corrected chi connectivity index (χ4v) is 12.3. The van der Waals surface area contributed by atoms with Gasteiger partial charge in [-0.15, -0.1) is 0 Å². The van der Waals surface area contributed by atoms with Crippen LogP contribution in [0.1, 0.15) is 298 Å². The molecule has 0 saturated carbocycles. The number of ether oxygens (including phenoxy) is 2. The zero-order valence-electron chi connectivity index (χ0n) is 74.5. The molecule has 7 aromatic carbocycles. The number of carbonyl (C=O) groups excluding carboxylic acids is 1. The number of alkyl halides is 3. The minimum absolute atomic E-state index is 0. The number of pyridine rings is 4. The molecule has 0 fully saturated rings. The van der Waals surface area contributed by atoms with Gasteiger partial charge in [0.05, 0.1) is 40.8 Å². The number of aromatic nitrogens is 4. The van der Waals surface area contributed by atoms with Crippen molar-refractivity contribution in [3.05, 3.63) is 353 Å². The smallest absolute Gasteiger partial charge is 0.150 e. The second-order valence-corrected chi connectivity index (χ2v) is 23.1. The highest BCUT2D eigenvalue weighted by atomic mass is 127. The highest BCUT2D eigenvalue weighted by Gasteiger charge is 2.28. The molecular formula is C103H151F2IN4O6. The molecule has 640 valence electrons. The molecule has 0 radical (unpaired) electrons. The Kier molecular flexibility index (Phi) is 86.3. The first kappa shape index (κ1) is 118. The standard InChI is InChI=1S/C15H14INO.2C15H15NO.C15H15N.2C7H8O.C6H6O.10C2H6.2CH3F.CH4/c16-8-6-14(12-4-2-1-3-5-12)15-10-17-9-7-13(15)11-18;2*17-15-7-6-12(11-4-2-1-3-5-11)14-10-16-9-8-13(14)15;1-2-5-12(6-3-1)14-8-4-7-13-9-10-16-11-15(13)14;2*1-8-7-5-3-2-4-6-7;7-6-4-2-1-3-5-6;12*1-2;/h1-5,7,9-11,14H,6,8H2;2*1-5,8-10,12,15,17H,6-7H2;1-3,5-6,9-11,14H,4,7-8H2;2*2-6H,1H3;1-5,7H;10*1-2H3;2*1H3;1H4. The van der Waals surface area contributed by atoms with Crippen LogP contribution in [0.5, 0.6) is 17.2 Å². The number of halogens is 3. The average Bonchev–Trinajstić information content (AvgIpc) is 0.804. The SMILES string of the molecule is C.CC.CC.CC.CC.CC.CC.CC.CC.CC.CC.CF.CF.COc1ccccc1.COc1ccccc1.O=Cc1ccncc1C(CCI)c1ccccc1.OC1CCC(c2ccccc2)c2cnccc21.OC1CCC(c2ccccc2)c2cnccc21.Oc1ccccc1.c1ccc(C2CCCc3ccncc32)cc1. The number of fused-ring (bicyclic) bond motifs is 3. The summed E-state index contributed by atoms with van der Waals surface area (Å²) in [7, 11) is 4.32. The van der Waals surface area contributed by atoms with Crippen LogP contribution >= 0.6 is 22.6 Å². The Morgan fingerprint density at radius 2 is 0.690 bits per heavy atom. The van der Waals surface area contributed by atoms with E-state index in [0.29, 0.717) is 37.9 Å². The lowest BCUT2D eigenvalue weighted by Crippen LogP contribution is -2.15. The maximum atomic E-state index is 11.1. The number of para-hydroxylation sites is 3. The van der Waals surface area contributed by atoms with Crippen LogP contribution in [0.4, 0.5) is 8.78 Å². The van der Waals surface area contributed by atoms with E-state index < -0.39 is 0 Å². The number of phenolic OH excluding ortho intramolecular Hbond substituents is 1. The molecule has 0 aliphatic heterocycles. The highest BCUT2D eigenvalue weighted by molar-refractivity contribution is 14.1. The van der Waals surface area contributed by atoms with Crippen molar-refractivity contribution in [2.24, 2.45) is 0 Å². The molecule has 6 unspecified atom stereocenters. The Hall–Kier alpha value is -9.28. The molecule has 11 aromatic rings. The minimum atomic E-state index is -0.326. The second kappa shape index (κ2) is 85.1. The number of aryl methyl sites for hydroxylation is 1. The van der Waals surface area contributed by atoms with Crippen LogP contribution < -0.4 is 9.47 Å². The number of carbonyl (C=O) groups is 1. The van der Waals surface area contributed by atoms with E-state index in [4.69, 9.17) is 14.6 Å². The largest absolute Gasteiger partial charge is 0.508 e. The summed E-state index contributed by atoms with van der Waals surface area (Å²) in [4.78, 5) is 28.0. The Balaban J connectivity index is -0.000000296. The summed E-state index contributed by atoms with van der Waals surface area (Å²) in [6.45, 7) is 40.0.